The van der Waals surface area contributed by atoms with E-state index in [0.717, 1.165) is 12.8 Å². The Labute approximate surface area is 124 Å². The minimum absolute atomic E-state index is 0.0321. The fraction of sp³-hybridized carbons (Fsp3) is 0.533. The molecule has 6 nitrogen and oxygen atoms in total. The van der Waals surface area contributed by atoms with E-state index >= 15 is 0 Å². The Hall–Kier alpha value is -1.79. The Morgan fingerprint density at radius 1 is 1.38 bits per heavy atom. The summed E-state index contributed by atoms with van der Waals surface area (Å²) in [6.07, 6.45) is 1.45. The second-order valence-electron chi connectivity index (χ2n) is 5.09. The molecule has 0 bridgehead atoms. The van der Waals surface area contributed by atoms with E-state index < -0.39 is 6.10 Å². The predicted molar refractivity (Wildman–Crippen MR) is 78.5 cm³/mol. The van der Waals surface area contributed by atoms with E-state index in [9.17, 15) is 9.90 Å². The molecule has 1 aromatic rings. The molecule has 1 aromatic carbocycles. The molecular formula is C15H22N2O4. The molecule has 0 heterocycles. The summed E-state index contributed by atoms with van der Waals surface area (Å²) in [6, 6.07) is 7.62. The number of amides is 1. The molecule has 1 amide bonds. The van der Waals surface area contributed by atoms with E-state index in [1.54, 1.807) is 19.2 Å². The first-order chi connectivity index (χ1) is 10.2. The van der Waals surface area contributed by atoms with E-state index in [0.29, 0.717) is 24.1 Å². The second kappa shape index (κ2) is 7.85. The lowest BCUT2D eigenvalue weighted by atomic mass is 10.3. The molecule has 6 heteroatoms. The molecule has 2 rings (SSSR count). The topological polar surface area (TPSA) is 79.8 Å². The summed E-state index contributed by atoms with van der Waals surface area (Å²) in [5, 5.41) is 15.6. The Balaban J connectivity index is 1.62. The highest BCUT2D eigenvalue weighted by atomic mass is 16.5. The van der Waals surface area contributed by atoms with Crippen LogP contribution in [0.2, 0.25) is 0 Å². The van der Waals surface area contributed by atoms with Crippen molar-refractivity contribution in [1.82, 2.24) is 10.6 Å². The predicted octanol–water partition coefficient (Wildman–Crippen LogP) is 0.303. The van der Waals surface area contributed by atoms with Crippen molar-refractivity contribution in [3.05, 3.63) is 24.3 Å². The molecule has 1 aliphatic carbocycles. The average Bonchev–Trinajstić information content (AvgIpc) is 3.29. The molecule has 1 saturated carbocycles. The van der Waals surface area contributed by atoms with E-state index in [4.69, 9.17) is 9.47 Å². The zero-order chi connectivity index (χ0) is 15.1. The van der Waals surface area contributed by atoms with Crippen molar-refractivity contribution in [3.8, 4) is 11.5 Å². The SMILES string of the molecule is COc1ccccc1OCC(O)CNCC(=O)NC1CC1. The monoisotopic (exact) mass is 294 g/mol. The van der Waals surface area contributed by atoms with Gasteiger partial charge in [0.25, 0.3) is 0 Å². The van der Waals surface area contributed by atoms with Crippen LogP contribution in [0.4, 0.5) is 0 Å². The van der Waals surface area contributed by atoms with Gasteiger partial charge >= 0.3 is 0 Å². The highest BCUT2D eigenvalue weighted by Crippen LogP contribution is 2.25. The second-order valence-corrected chi connectivity index (χ2v) is 5.09. The van der Waals surface area contributed by atoms with Crippen LogP contribution >= 0.6 is 0 Å². The summed E-state index contributed by atoms with van der Waals surface area (Å²) in [4.78, 5) is 11.4. The van der Waals surface area contributed by atoms with Gasteiger partial charge in [0.15, 0.2) is 11.5 Å². The van der Waals surface area contributed by atoms with Crippen LogP contribution in [0, 0.1) is 0 Å². The summed E-state index contributed by atoms with van der Waals surface area (Å²) >= 11 is 0. The van der Waals surface area contributed by atoms with Gasteiger partial charge in [-0.25, -0.2) is 0 Å². The third kappa shape index (κ3) is 5.61. The molecule has 116 valence electrons. The molecule has 1 atom stereocenters. The number of aliphatic hydroxyl groups excluding tert-OH is 1. The standard InChI is InChI=1S/C15H22N2O4/c1-20-13-4-2-3-5-14(13)21-10-12(18)8-16-9-15(19)17-11-6-7-11/h2-5,11-12,16,18H,6-10H2,1H3,(H,17,19). The van der Waals surface area contributed by atoms with Gasteiger partial charge in [0, 0.05) is 12.6 Å². The summed E-state index contributed by atoms with van der Waals surface area (Å²) in [5.41, 5.74) is 0. The number of nitrogens with one attached hydrogen (secondary N) is 2. The molecular weight excluding hydrogens is 272 g/mol. The lowest BCUT2D eigenvalue weighted by Crippen LogP contribution is -2.39. The fourth-order valence-corrected chi connectivity index (χ4v) is 1.84. The maximum absolute atomic E-state index is 11.4. The van der Waals surface area contributed by atoms with Gasteiger partial charge in [-0.15, -0.1) is 0 Å². The molecule has 0 spiro atoms. The lowest BCUT2D eigenvalue weighted by molar-refractivity contribution is -0.120. The highest BCUT2D eigenvalue weighted by molar-refractivity contribution is 5.78. The van der Waals surface area contributed by atoms with Crippen molar-refractivity contribution in [1.29, 1.82) is 0 Å². The van der Waals surface area contributed by atoms with Crippen LogP contribution < -0.4 is 20.1 Å². The quantitative estimate of drug-likeness (QED) is 0.610. The zero-order valence-corrected chi connectivity index (χ0v) is 12.2. The van der Waals surface area contributed by atoms with E-state index in [1.807, 2.05) is 12.1 Å². The maximum atomic E-state index is 11.4. The van der Waals surface area contributed by atoms with Gasteiger partial charge in [-0.2, -0.15) is 0 Å². The molecule has 3 N–H and O–H groups in total. The van der Waals surface area contributed by atoms with Crippen molar-refractivity contribution < 1.29 is 19.4 Å². The Morgan fingerprint density at radius 3 is 2.76 bits per heavy atom. The lowest BCUT2D eigenvalue weighted by Gasteiger charge is -2.14. The minimum Gasteiger partial charge on any atom is -0.493 e. The van der Waals surface area contributed by atoms with Crippen LogP contribution in [0.5, 0.6) is 11.5 Å². The molecule has 0 aliphatic heterocycles. The first-order valence-corrected chi connectivity index (χ1v) is 7.13. The van der Waals surface area contributed by atoms with Crippen LogP contribution in [0.1, 0.15) is 12.8 Å². The van der Waals surface area contributed by atoms with Gasteiger partial charge < -0.3 is 25.2 Å². The normalized spacial score (nSPS) is 15.3. The summed E-state index contributed by atoms with van der Waals surface area (Å²) in [5.74, 6) is 1.18. The van der Waals surface area contributed by atoms with Crippen LogP contribution in [0.15, 0.2) is 24.3 Å². The van der Waals surface area contributed by atoms with Crippen LogP contribution in [0.25, 0.3) is 0 Å². The number of aliphatic hydroxyl groups is 1. The van der Waals surface area contributed by atoms with Crippen molar-refractivity contribution >= 4 is 5.91 Å². The summed E-state index contributed by atoms with van der Waals surface area (Å²) < 4.78 is 10.7. The number of ether oxygens (including phenoxy) is 2. The zero-order valence-electron chi connectivity index (χ0n) is 12.2. The van der Waals surface area contributed by atoms with Crippen molar-refractivity contribution in [2.75, 3.05) is 26.8 Å². The number of methoxy groups -OCH3 is 1. The van der Waals surface area contributed by atoms with Crippen LogP contribution in [-0.4, -0.2) is 50.0 Å². The van der Waals surface area contributed by atoms with Gasteiger partial charge in [0.2, 0.25) is 5.91 Å². The van der Waals surface area contributed by atoms with Crippen LogP contribution in [0.3, 0.4) is 0 Å². The summed E-state index contributed by atoms with van der Waals surface area (Å²) in [6.45, 7) is 0.646. The number of benzene rings is 1. The number of carbonyl (C=O) groups is 1. The Morgan fingerprint density at radius 2 is 2.10 bits per heavy atom. The maximum Gasteiger partial charge on any atom is 0.234 e. The number of rotatable bonds is 9. The van der Waals surface area contributed by atoms with Crippen LogP contribution in [-0.2, 0) is 4.79 Å². The molecule has 1 aliphatic rings. The van der Waals surface area contributed by atoms with Gasteiger partial charge in [-0.05, 0) is 25.0 Å². The molecule has 1 unspecified atom stereocenters. The fourth-order valence-electron chi connectivity index (χ4n) is 1.84. The van der Waals surface area contributed by atoms with Crippen molar-refractivity contribution in [3.63, 3.8) is 0 Å². The highest BCUT2D eigenvalue weighted by Gasteiger charge is 2.22. The largest absolute Gasteiger partial charge is 0.493 e. The Bertz CT molecular complexity index is 463. The minimum atomic E-state index is -0.691. The van der Waals surface area contributed by atoms with Crippen molar-refractivity contribution in [2.45, 2.75) is 25.0 Å². The van der Waals surface area contributed by atoms with Gasteiger partial charge in [0.1, 0.15) is 12.7 Å². The molecule has 0 aromatic heterocycles. The first kappa shape index (κ1) is 15.6. The third-order valence-corrected chi connectivity index (χ3v) is 3.11. The smallest absolute Gasteiger partial charge is 0.234 e. The number of para-hydroxylation sites is 2. The average molecular weight is 294 g/mol. The van der Waals surface area contributed by atoms with E-state index in [1.165, 1.54) is 0 Å². The first-order valence-electron chi connectivity index (χ1n) is 7.13. The third-order valence-electron chi connectivity index (χ3n) is 3.11. The van der Waals surface area contributed by atoms with E-state index in [2.05, 4.69) is 10.6 Å². The number of hydrogen-bond donors (Lipinski definition) is 3. The molecule has 0 radical (unpaired) electrons. The van der Waals surface area contributed by atoms with Crippen molar-refractivity contribution in [2.24, 2.45) is 0 Å². The Kier molecular flexibility index (Phi) is 5.83. The van der Waals surface area contributed by atoms with Gasteiger partial charge in [0.05, 0.1) is 13.7 Å². The number of carbonyl (C=O) groups excluding carboxylic acids is 1. The molecule has 1 fully saturated rings. The van der Waals surface area contributed by atoms with E-state index in [-0.39, 0.29) is 19.1 Å². The molecule has 0 saturated heterocycles. The van der Waals surface area contributed by atoms with Gasteiger partial charge in [-0.3, -0.25) is 4.79 Å². The molecule has 21 heavy (non-hydrogen) atoms. The number of hydrogen-bond acceptors (Lipinski definition) is 5. The van der Waals surface area contributed by atoms with Gasteiger partial charge in [-0.1, -0.05) is 12.1 Å². The summed E-state index contributed by atoms with van der Waals surface area (Å²) in [7, 11) is 1.57.